The van der Waals surface area contributed by atoms with Crippen LogP contribution in [0.2, 0.25) is 5.02 Å². The summed E-state index contributed by atoms with van der Waals surface area (Å²) in [6, 6.07) is 3.36. The first-order chi connectivity index (χ1) is 9.81. The highest BCUT2D eigenvalue weighted by Gasteiger charge is 2.26. The number of nitrogens with zero attached hydrogens (tertiary/aromatic N) is 4. The number of hydrogen-bond acceptors (Lipinski definition) is 6. The minimum Gasteiger partial charge on any atom is -0.476 e. The van der Waals surface area contributed by atoms with Gasteiger partial charge in [0.15, 0.2) is 0 Å². The minimum atomic E-state index is -1.57. The van der Waals surface area contributed by atoms with Crippen molar-refractivity contribution in [2.75, 3.05) is 0 Å². The maximum absolute atomic E-state index is 10.9. The third-order valence-corrected chi connectivity index (χ3v) is 2.79. The van der Waals surface area contributed by atoms with Crippen molar-refractivity contribution >= 4 is 28.9 Å². The Bertz CT molecular complexity index is 739. The molecule has 21 heavy (non-hydrogen) atoms. The van der Waals surface area contributed by atoms with Crippen LogP contribution in [0.3, 0.4) is 0 Å². The van der Waals surface area contributed by atoms with E-state index in [2.05, 4.69) is 5.10 Å². The summed E-state index contributed by atoms with van der Waals surface area (Å²) in [7, 11) is 0. The van der Waals surface area contributed by atoms with Gasteiger partial charge in [0.25, 0.3) is 5.69 Å². The molecule has 0 atom stereocenters. The summed E-state index contributed by atoms with van der Waals surface area (Å²) < 4.78 is 0.883. The molecule has 1 N–H and O–H groups in total. The summed E-state index contributed by atoms with van der Waals surface area (Å²) in [6.45, 7) is 0. The monoisotopic (exact) mass is 312 g/mol. The van der Waals surface area contributed by atoms with E-state index in [0.717, 1.165) is 23.0 Å². The number of rotatable bonds is 4. The molecule has 0 aliphatic heterocycles. The second-order valence-corrected chi connectivity index (χ2v) is 4.17. The number of aromatic nitrogens is 2. The molecule has 0 radical (unpaired) electrons. The van der Waals surface area contributed by atoms with Gasteiger partial charge in [-0.05, 0) is 6.07 Å². The van der Waals surface area contributed by atoms with Crippen LogP contribution in [0.5, 0.6) is 0 Å². The first-order valence-corrected chi connectivity index (χ1v) is 5.60. The fourth-order valence-corrected chi connectivity index (χ4v) is 1.83. The van der Waals surface area contributed by atoms with Crippen molar-refractivity contribution in [3.05, 3.63) is 55.3 Å². The molecule has 108 valence electrons. The van der Waals surface area contributed by atoms with Gasteiger partial charge in [0, 0.05) is 12.1 Å². The molecule has 0 bridgehead atoms. The van der Waals surface area contributed by atoms with E-state index in [-0.39, 0.29) is 16.4 Å². The largest absolute Gasteiger partial charge is 0.476 e. The van der Waals surface area contributed by atoms with E-state index in [0.29, 0.717) is 0 Å². The number of nitro benzene ring substituents is 1. The maximum Gasteiger partial charge on any atom is 0.363 e. The van der Waals surface area contributed by atoms with Crippen molar-refractivity contribution in [1.82, 2.24) is 9.78 Å². The van der Waals surface area contributed by atoms with E-state index in [4.69, 9.17) is 16.7 Å². The van der Waals surface area contributed by atoms with Gasteiger partial charge in [-0.15, -0.1) is 0 Å². The fourth-order valence-electron chi connectivity index (χ4n) is 1.57. The molecule has 0 unspecified atom stereocenters. The number of aromatic carboxylic acids is 1. The van der Waals surface area contributed by atoms with E-state index in [1.165, 1.54) is 6.07 Å². The number of carboxylic acid groups (broad SMARTS) is 1. The summed E-state index contributed by atoms with van der Waals surface area (Å²) >= 11 is 5.85. The van der Waals surface area contributed by atoms with Gasteiger partial charge in [0.1, 0.15) is 6.20 Å². The highest BCUT2D eigenvalue weighted by Crippen LogP contribution is 2.27. The lowest BCUT2D eigenvalue weighted by atomic mass is 10.3. The minimum absolute atomic E-state index is 0.0814. The lowest BCUT2D eigenvalue weighted by Crippen LogP contribution is -2.03. The highest BCUT2D eigenvalue weighted by atomic mass is 35.5. The topological polar surface area (TPSA) is 141 Å². The zero-order valence-corrected chi connectivity index (χ0v) is 10.7. The number of hydrogen-bond donors (Lipinski definition) is 1. The van der Waals surface area contributed by atoms with Gasteiger partial charge < -0.3 is 5.11 Å². The number of nitro groups is 2. The van der Waals surface area contributed by atoms with Crippen molar-refractivity contribution in [2.24, 2.45) is 0 Å². The van der Waals surface area contributed by atoms with Crippen LogP contribution < -0.4 is 0 Å². The lowest BCUT2D eigenvalue weighted by Gasteiger charge is -2.02. The number of carboxylic acids is 1. The van der Waals surface area contributed by atoms with Crippen molar-refractivity contribution in [3.8, 4) is 5.69 Å². The number of halogens is 1. The molecule has 0 aliphatic carbocycles. The molecule has 11 heteroatoms. The van der Waals surface area contributed by atoms with Crippen molar-refractivity contribution < 1.29 is 19.7 Å². The molecule has 1 aromatic heterocycles. The molecule has 0 amide bonds. The third kappa shape index (κ3) is 2.65. The van der Waals surface area contributed by atoms with Crippen LogP contribution in [0.25, 0.3) is 5.69 Å². The molecular formula is C10H5ClN4O6. The summed E-state index contributed by atoms with van der Waals surface area (Å²) in [5.41, 5.74) is -1.66. The van der Waals surface area contributed by atoms with Gasteiger partial charge >= 0.3 is 11.7 Å². The zero-order valence-electron chi connectivity index (χ0n) is 9.96. The second-order valence-electron chi connectivity index (χ2n) is 3.76. The zero-order chi connectivity index (χ0) is 15.7. The third-order valence-electron chi connectivity index (χ3n) is 2.48. The fraction of sp³-hybridized carbons (Fsp3) is 0. The van der Waals surface area contributed by atoms with Gasteiger partial charge in [-0.1, -0.05) is 11.6 Å². The van der Waals surface area contributed by atoms with E-state index >= 15 is 0 Å². The lowest BCUT2D eigenvalue weighted by molar-refractivity contribution is -0.385. The first-order valence-electron chi connectivity index (χ1n) is 5.23. The molecule has 2 rings (SSSR count). The molecule has 0 aliphatic rings. The maximum atomic E-state index is 10.9. The van der Waals surface area contributed by atoms with Gasteiger partial charge in [-0.3, -0.25) is 20.2 Å². The Labute approximate surface area is 120 Å². The molecular weight excluding hydrogens is 308 g/mol. The van der Waals surface area contributed by atoms with Gasteiger partial charge in [0.2, 0.25) is 5.69 Å². The van der Waals surface area contributed by atoms with Crippen LogP contribution in [-0.2, 0) is 0 Å². The number of benzene rings is 1. The molecule has 0 spiro atoms. The van der Waals surface area contributed by atoms with E-state index in [1.807, 2.05) is 0 Å². The van der Waals surface area contributed by atoms with Crippen molar-refractivity contribution in [1.29, 1.82) is 0 Å². The normalized spacial score (nSPS) is 10.3. The number of carbonyl (C=O) groups is 1. The smallest absolute Gasteiger partial charge is 0.363 e. The van der Waals surface area contributed by atoms with Gasteiger partial charge in [-0.25, -0.2) is 9.48 Å². The Balaban J connectivity index is 2.57. The van der Waals surface area contributed by atoms with Crippen LogP contribution in [0.1, 0.15) is 10.5 Å². The SMILES string of the molecule is O=C(O)c1nn(-c2ccc([N+](=O)[O-])cc2Cl)cc1[N+](=O)[O-]. The Kier molecular flexibility index (Phi) is 3.54. The summed E-state index contributed by atoms with van der Waals surface area (Å²) in [5, 5.41) is 33.7. The summed E-state index contributed by atoms with van der Waals surface area (Å²) in [6.07, 6.45) is 0.872. The molecule has 2 aromatic rings. The predicted molar refractivity (Wildman–Crippen MR) is 68.8 cm³/mol. The first kappa shape index (κ1) is 14.4. The van der Waals surface area contributed by atoms with Crippen molar-refractivity contribution in [3.63, 3.8) is 0 Å². The van der Waals surface area contributed by atoms with Crippen LogP contribution in [-0.4, -0.2) is 30.7 Å². The van der Waals surface area contributed by atoms with Crippen LogP contribution in [0, 0.1) is 20.2 Å². The average molecular weight is 313 g/mol. The molecule has 0 saturated heterocycles. The summed E-state index contributed by atoms with van der Waals surface area (Å²) in [5.74, 6) is -1.57. The van der Waals surface area contributed by atoms with Crippen LogP contribution >= 0.6 is 11.6 Å². The van der Waals surface area contributed by atoms with Gasteiger partial charge in [-0.2, -0.15) is 5.10 Å². The second kappa shape index (κ2) is 5.17. The van der Waals surface area contributed by atoms with E-state index < -0.39 is 27.2 Å². The Morgan fingerprint density at radius 2 is 1.95 bits per heavy atom. The van der Waals surface area contributed by atoms with Gasteiger partial charge in [0.05, 0.1) is 20.6 Å². The Morgan fingerprint density at radius 1 is 1.29 bits per heavy atom. The average Bonchev–Trinajstić information content (AvgIpc) is 2.83. The molecule has 0 fully saturated rings. The quantitative estimate of drug-likeness (QED) is 0.672. The van der Waals surface area contributed by atoms with Crippen LogP contribution in [0.15, 0.2) is 24.4 Å². The standard InChI is InChI=1S/C10H5ClN4O6/c11-6-3-5(14(18)19)1-2-7(6)13-4-8(15(20)21)9(12-13)10(16)17/h1-4H,(H,16,17). The van der Waals surface area contributed by atoms with Crippen molar-refractivity contribution in [2.45, 2.75) is 0 Å². The predicted octanol–water partition coefficient (Wildman–Crippen LogP) is 2.04. The Morgan fingerprint density at radius 3 is 2.38 bits per heavy atom. The molecule has 1 aromatic carbocycles. The molecule has 1 heterocycles. The summed E-state index contributed by atoms with van der Waals surface area (Å²) in [4.78, 5) is 30.7. The Hall–Kier alpha value is -3.01. The highest BCUT2D eigenvalue weighted by molar-refractivity contribution is 6.32. The van der Waals surface area contributed by atoms with E-state index in [1.54, 1.807) is 0 Å². The van der Waals surface area contributed by atoms with E-state index in [9.17, 15) is 25.0 Å². The molecule has 0 saturated carbocycles. The van der Waals surface area contributed by atoms with Crippen LogP contribution in [0.4, 0.5) is 11.4 Å². The number of non-ortho nitro benzene ring substituents is 1. The molecule has 10 nitrogen and oxygen atoms in total.